The zero-order valence-corrected chi connectivity index (χ0v) is 11.7. The van der Waals surface area contributed by atoms with E-state index in [1.807, 2.05) is 22.6 Å². The Balaban J connectivity index is 3.07. The van der Waals surface area contributed by atoms with E-state index in [-0.39, 0.29) is 21.0 Å². The second-order valence-corrected chi connectivity index (χ2v) is 4.36. The van der Waals surface area contributed by atoms with Crippen molar-refractivity contribution in [3.05, 3.63) is 9.75 Å². The number of carbonyl (C=O) groups is 2. The lowest BCUT2D eigenvalue weighted by Gasteiger charge is -1.97. The van der Waals surface area contributed by atoms with Gasteiger partial charge in [-0.1, -0.05) is 0 Å². The van der Waals surface area contributed by atoms with Gasteiger partial charge in [0.2, 0.25) is 0 Å². The number of aromatic hydroxyl groups is 2. The summed E-state index contributed by atoms with van der Waals surface area (Å²) in [5, 5.41) is 19.0. The summed E-state index contributed by atoms with van der Waals surface area (Å²) in [4.78, 5) is 22.3. The van der Waals surface area contributed by atoms with Gasteiger partial charge in [-0.3, -0.25) is 0 Å². The number of halogens is 1. The lowest BCUT2D eigenvalue weighted by atomic mass is 10.3. The molecule has 0 atom stereocenters. The molecule has 1 aromatic heterocycles. The lowest BCUT2D eigenvalue weighted by molar-refractivity contribution is 0.0527. The van der Waals surface area contributed by atoms with Crippen molar-refractivity contribution in [3.63, 3.8) is 0 Å². The molecule has 1 aromatic rings. The SMILES string of the molecule is CCOC(=O)c1sc(C(=O)OCI)c(O)c1O. The second-order valence-electron chi connectivity index (χ2n) is 2.72. The van der Waals surface area contributed by atoms with E-state index in [1.165, 1.54) is 0 Å². The minimum atomic E-state index is -0.798. The monoisotopic (exact) mass is 372 g/mol. The fourth-order valence-electron chi connectivity index (χ4n) is 1.00. The standard InChI is InChI=1S/C9H9IO6S/c1-2-15-8(13)6-4(11)5(12)7(17-6)9(14)16-3-10/h11-12H,2-3H2,1H3. The summed E-state index contributed by atoms with van der Waals surface area (Å²) >= 11 is 2.44. The highest BCUT2D eigenvalue weighted by molar-refractivity contribution is 14.1. The average molecular weight is 372 g/mol. The van der Waals surface area contributed by atoms with Gasteiger partial charge in [-0.2, -0.15) is 0 Å². The van der Waals surface area contributed by atoms with Gasteiger partial charge in [0.1, 0.15) is 4.61 Å². The maximum absolute atomic E-state index is 11.4. The minimum Gasteiger partial charge on any atom is -0.503 e. The van der Waals surface area contributed by atoms with Crippen LogP contribution in [0, 0.1) is 0 Å². The summed E-state index contributed by atoms with van der Waals surface area (Å²) < 4.78 is 9.42. The molecular formula is C9H9IO6S. The molecule has 0 aliphatic heterocycles. The Bertz CT molecular complexity index is 402. The Labute approximate surface area is 114 Å². The van der Waals surface area contributed by atoms with Gasteiger partial charge >= 0.3 is 11.9 Å². The van der Waals surface area contributed by atoms with E-state index in [0.29, 0.717) is 11.3 Å². The number of rotatable bonds is 4. The molecule has 8 heteroatoms. The number of thiophene rings is 1. The van der Waals surface area contributed by atoms with Gasteiger partial charge in [-0.05, 0) is 29.5 Å². The van der Waals surface area contributed by atoms with Crippen molar-refractivity contribution in [3.8, 4) is 11.5 Å². The van der Waals surface area contributed by atoms with Crippen LogP contribution in [0.15, 0.2) is 0 Å². The van der Waals surface area contributed by atoms with Gasteiger partial charge in [0.25, 0.3) is 0 Å². The van der Waals surface area contributed by atoms with Crippen molar-refractivity contribution in [1.29, 1.82) is 0 Å². The molecule has 0 unspecified atom stereocenters. The number of alkyl halides is 1. The van der Waals surface area contributed by atoms with Crippen molar-refractivity contribution >= 4 is 45.9 Å². The van der Waals surface area contributed by atoms with E-state index in [0.717, 1.165) is 0 Å². The van der Waals surface area contributed by atoms with Crippen molar-refractivity contribution < 1.29 is 29.3 Å². The summed E-state index contributed by atoms with van der Waals surface area (Å²) in [5.41, 5.74) is 0. The molecule has 0 aromatic carbocycles. The quantitative estimate of drug-likeness (QED) is 0.476. The van der Waals surface area contributed by atoms with E-state index in [4.69, 9.17) is 0 Å². The Hall–Kier alpha value is -1.03. The van der Waals surface area contributed by atoms with Gasteiger partial charge in [0.05, 0.1) is 6.61 Å². The topological polar surface area (TPSA) is 93.1 Å². The van der Waals surface area contributed by atoms with Gasteiger partial charge in [0.15, 0.2) is 21.3 Å². The van der Waals surface area contributed by atoms with Crippen LogP contribution in [0.1, 0.15) is 26.3 Å². The van der Waals surface area contributed by atoms with Crippen LogP contribution >= 0.6 is 33.9 Å². The maximum atomic E-state index is 11.4. The first-order valence-corrected chi connectivity index (χ1v) is 6.82. The summed E-state index contributed by atoms with van der Waals surface area (Å²) in [5.74, 6) is -2.91. The molecule has 1 rings (SSSR count). The number of esters is 2. The Morgan fingerprint density at radius 1 is 1.18 bits per heavy atom. The third-order valence-electron chi connectivity index (χ3n) is 1.69. The first-order valence-electron chi connectivity index (χ1n) is 4.47. The minimum absolute atomic E-state index is 0.101. The molecule has 94 valence electrons. The molecule has 0 aliphatic carbocycles. The number of hydrogen-bond donors (Lipinski definition) is 2. The van der Waals surface area contributed by atoms with Crippen LogP contribution in [0.3, 0.4) is 0 Å². The molecule has 0 amide bonds. The molecular weight excluding hydrogens is 363 g/mol. The Kier molecular flexibility index (Phi) is 5.00. The molecule has 1 heterocycles. The van der Waals surface area contributed by atoms with Crippen molar-refractivity contribution in [2.24, 2.45) is 0 Å². The van der Waals surface area contributed by atoms with E-state index in [9.17, 15) is 19.8 Å². The fraction of sp³-hybridized carbons (Fsp3) is 0.333. The number of ether oxygens (including phenoxy) is 2. The van der Waals surface area contributed by atoms with Crippen LogP contribution < -0.4 is 0 Å². The first kappa shape index (κ1) is 14.0. The molecule has 0 bridgehead atoms. The Morgan fingerprint density at radius 3 is 2.06 bits per heavy atom. The third-order valence-corrected chi connectivity index (χ3v) is 3.13. The van der Waals surface area contributed by atoms with E-state index in [2.05, 4.69) is 9.47 Å². The van der Waals surface area contributed by atoms with Crippen LogP contribution in [-0.4, -0.2) is 33.4 Å². The fourth-order valence-corrected chi connectivity index (χ4v) is 2.16. The van der Waals surface area contributed by atoms with Crippen LogP contribution in [0.2, 0.25) is 0 Å². The zero-order chi connectivity index (χ0) is 13.0. The highest BCUT2D eigenvalue weighted by atomic mass is 127. The highest BCUT2D eigenvalue weighted by Crippen LogP contribution is 2.41. The van der Waals surface area contributed by atoms with Gasteiger partial charge in [0, 0.05) is 0 Å². The van der Waals surface area contributed by atoms with Crippen molar-refractivity contribution in [1.82, 2.24) is 0 Å². The normalized spacial score (nSPS) is 10.0. The molecule has 17 heavy (non-hydrogen) atoms. The van der Waals surface area contributed by atoms with Crippen LogP contribution in [0.5, 0.6) is 11.5 Å². The predicted molar refractivity (Wildman–Crippen MR) is 67.9 cm³/mol. The van der Waals surface area contributed by atoms with E-state index >= 15 is 0 Å². The summed E-state index contributed by atoms with van der Waals surface area (Å²) in [6, 6.07) is 0. The highest BCUT2D eigenvalue weighted by Gasteiger charge is 2.27. The Morgan fingerprint density at radius 2 is 1.65 bits per heavy atom. The van der Waals surface area contributed by atoms with Gasteiger partial charge in [-0.15, -0.1) is 11.3 Å². The second kappa shape index (κ2) is 6.05. The predicted octanol–water partition coefficient (Wildman–Crippen LogP) is 1.89. The van der Waals surface area contributed by atoms with Crippen molar-refractivity contribution in [2.45, 2.75) is 6.92 Å². The molecule has 0 fully saturated rings. The molecule has 0 radical (unpaired) electrons. The van der Waals surface area contributed by atoms with E-state index in [1.54, 1.807) is 6.92 Å². The average Bonchev–Trinajstić information content (AvgIpc) is 2.57. The molecule has 0 saturated heterocycles. The lowest BCUT2D eigenvalue weighted by Crippen LogP contribution is -2.02. The largest absolute Gasteiger partial charge is 0.503 e. The number of hydrogen-bond acceptors (Lipinski definition) is 7. The summed E-state index contributed by atoms with van der Waals surface area (Å²) in [6.07, 6.45) is 0. The smallest absolute Gasteiger partial charge is 0.353 e. The van der Waals surface area contributed by atoms with Crippen molar-refractivity contribution in [2.75, 3.05) is 11.2 Å². The van der Waals surface area contributed by atoms with Crippen LogP contribution in [0.4, 0.5) is 0 Å². The maximum Gasteiger partial charge on any atom is 0.353 e. The molecule has 0 spiro atoms. The third kappa shape index (κ3) is 3.00. The zero-order valence-electron chi connectivity index (χ0n) is 8.73. The molecule has 6 nitrogen and oxygen atoms in total. The van der Waals surface area contributed by atoms with Gasteiger partial charge in [-0.25, -0.2) is 9.59 Å². The molecule has 2 N–H and O–H groups in total. The summed E-state index contributed by atoms with van der Waals surface area (Å²) in [7, 11) is 0. The van der Waals surface area contributed by atoms with Crippen LogP contribution in [0.25, 0.3) is 0 Å². The molecule has 0 saturated carbocycles. The van der Waals surface area contributed by atoms with E-state index < -0.39 is 23.4 Å². The molecule has 0 aliphatic rings. The first-order chi connectivity index (χ1) is 8.02. The number of carbonyl (C=O) groups excluding carboxylic acids is 2. The summed E-state index contributed by atoms with van der Waals surface area (Å²) in [6.45, 7) is 1.73. The van der Waals surface area contributed by atoms with Crippen LogP contribution in [-0.2, 0) is 9.47 Å². The van der Waals surface area contributed by atoms with Gasteiger partial charge < -0.3 is 19.7 Å².